The van der Waals surface area contributed by atoms with Crippen LogP contribution in [0.15, 0.2) is 59.8 Å². The Labute approximate surface area is 175 Å². The highest BCUT2D eigenvalue weighted by atomic mass is 16.6. The third-order valence-corrected chi connectivity index (χ3v) is 5.00. The van der Waals surface area contributed by atoms with Crippen LogP contribution in [0.3, 0.4) is 0 Å². The van der Waals surface area contributed by atoms with E-state index in [1.807, 2.05) is 24.3 Å². The fourth-order valence-corrected chi connectivity index (χ4v) is 3.50. The van der Waals surface area contributed by atoms with Gasteiger partial charge in [-0.2, -0.15) is 4.98 Å². The van der Waals surface area contributed by atoms with Crippen LogP contribution in [0.25, 0.3) is 39.0 Å². The van der Waals surface area contributed by atoms with E-state index >= 15 is 0 Å². The van der Waals surface area contributed by atoms with E-state index in [4.69, 9.17) is 9.47 Å². The van der Waals surface area contributed by atoms with Crippen molar-refractivity contribution in [1.82, 2.24) is 23.9 Å². The van der Waals surface area contributed by atoms with Crippen LogP contribution in [0.5, 0.6) is 0 Å². The van der Waals surface area contributed by atoms with Gasteiger partial charge in [0.25, 0.3) is 5.56 Å². The summed E-state index contributed by atoms with van der Waals surface area (Å²) in [6, 6.07) is 14.2. The molecule has 0 spiro atoms. The van der Waals surface area contributed by atoms with Gasteiger partial charge in [-0.05, 0) is 16.8 Å². The SMILES string of the molecule is CC(=O)OCCOCn1cnc2c(=O)n3cc(-c4ccc5ccccc5c4)[nH]c3nc21. The van der Waals surface area contributed by atoms with Gasteiger partial charge in [0.15, 0.2) is 11.2 Å². The molecule has 9 nitrogen and oxygen atoms in total. The Morgan fingerprint density at radius 1 is 1.13 bits per heavy atom. The third-order valence-electron chi connectivity index (χ3n) is 5.00. The first kappa shape index (κ1) is 19.0. The molecule has 3 aromatic heterocycles. The van der Waals surface area contributed by atoms with Crippen LogP contribution in [0.2, 0.25) is 0 Å². The Kier molecular flexibility index (Phi) is 4.72. The lowest BCUT2D eigenvalue weighted by atomic mass is 10.1. The normalized spacial score (nSPS) is 11.5. The zero-order valence-electron chi connectivity index (χ0n) is 16.7. The molecule has 0 fully saturated rings. The highest BCUT2D eigenvalue weighted by molar-refractivity contribution is 5.87. The van der Waals surface area contributed by atoms with Gasteiger partial charge < -0.3 is 14.5 Å². The molecule has 0 bridgehead atoms. The number of fused-ring (bicyclic) bond motifs is 3. The van der Waals surface area contributed by atoms with Crippen LogP contribution in [0, 0.1) is 0 Å². The fourth-order valence-electron chi connectivity index (χ4n) is 3.50. The maximum Gasteiger partial charge on any atom is 0.302 e. The number of nitrogens with one attached hydrogen (secondary N) is 1. The van der Waals surface area contributed by atoms with Gasteiger partial charge in [-0.15, -0.1) is 0 Å². The average molecular weight is 417 g/mol. The van der Waals surface area contributed by atoms with Crippen LogP contribution in [0.1, 0.15) is 6.92 Å². The molecule has 31 heavy (non-hydrogen) atoms. The second-order valence-corrected chi connectivity index (χ2v) is 7.10. The lowest BCUT2D eigenvalue weighted by molar-refractivity contribution is -0.142. The number of esters is 1. The van der Waals surface area contributed by atoms with Crippen molar-refractivity contribution in [3.63, 3.8) is 0 Å². The van der Waals surface area contributed by atoms with Crippen molar-refractivity contribution in [2.45, 2.75) is 13.7 Å². The van der Waals surface area contributed by atoms with Crippen molar-refractivity contribution >= 4 is 33.7 Å². The standard InChI is InChI=1S/C22H19N5O4/c1-14(28)31-9-8-30-13-26-12-23-19-20(26)25-22-24-18(11-27(22)21(19)29)17-7-6-15-4-2-3-5-16(15)10-17/h2-7,10-12H,8-9,13H2,1H3,(H,24,25). The van der Waals surface area contributed by atoms with E-state index in [-0.39, 0.29) is 37.0 Å². The van der Waals surface area contributed by atoms with E-state index in [1.54, 1.807) is 10.8 Å². The van der Waals surface area contributed by atoms with Crippen molar-refractivity contribution in [1.29, 1.82) is 0 Å². The number of imidazole rings is 2. The predicted octanol–water partition coefficient (Wildman–Crippen LogP) is 2.73. The van der Waals surface area contributed by atoms with E-state index in [1.165, 1.54) is 17.7 Å². The van der Waals surface area contributed by atoms with Crippen LogP contribution in [-0.2, 0) is 21.0 Å². The molecule has 9 heteroatoms. The minimum Gasteiger partial charge on any atom is -0.463 e. The first-order valence-electron chi connectivity index (χ1n) is 9.76. The summed E-state index contributed by atoms with van der Waals surface area (Å²) >= 11 is 0. The summed E-state index contributed by atoms with van der Waals surface area (Å²) in [5.41, 5.74) is 2.15. The minimum atomic E-state index is -0.359. The molecule has 0 aliphatic rings. The Hall–Kier alpha value is -3.98. The summed E-state index contributed by atoms with van der Waals surface area (Å²) in [4.78, 5) is 35.7. The minimum absolute atomic E-state index is 0.138. The van der Waals surface area contributed by atoms with Gasteiger partial charge in [0.05, 0.1) is 18.6 Å². The Morgan fingerprint density at radius 3 is 2.81 bits per heavy atom. The van der Waals surface area contributed by atoms with Gasteiger partial charge in [-0.25, -0.2) is 9.38 Å². The second-order valence-electron chi connectivity index (χ2n) is 7.10. The van der Waals surface area contributed by atoms with Gasteiger partial charge in [-0.1, -0.05) is 36.4 Å². The number of carbonyl (C=O) groups is 1. The van der Waals surface area contributed by atoms with Gasteiger partial charge in [0, 0.05) is 18.7 Å². The smallest absolute Gasteiger partial charge is 0.302 e. The number of ether oxygens (including phenoxy) is 2. The highest BCUT2D eigenvalue weighted by Crippen LogP contribution is 2.24. The first-order valence-corrected chi connectivity index (χ1v) is 9.76. The lowest BCUT2D eigenvalue weighted by Gasteiger charge is -2.05. The summed E-state index contributed by atoms with van der Waals surface area (Å²) in [6.45, 7) is 1.87. The first-order chi connectivity index (χ1) is 15.1. The number of benzene rings is 2. The molecule has 0 aliphatic heterocycles. The van der Waals surface area contributed by atoms with Crippen molar-refractivity contribution in [3.8, 4) is 11.3 Å². The van der Waals surface area contributed by atoms with E-state index < -0.39 is 0 Å². The molecule has 5 rings (SSSR count). The molecule has 2 aromatic carbocycles. The number of hydrogen-bond acceptors (Lipinski definition) is 6. The van der Waals surface area contributed by atoms with Gasteiger partial charge >= 0.3 is 5.97 Å². The van der Waals surface area contributed by atoms with Crippen LogP contribution in [0.4, 0.5) is 0 Å². The van der Waals surface area contributed by atoms with Crippen molar-refractivity contribution in [2.75, 3.05) is 13.2 Å². The zero-order valence-corrected chi connectivity index (χ0v) is 16.7. The molecule has 0 saturated heterocycles. The molecule has 5 aromatic rings. The number of H-pyrrole nitrogens is 1. The molecule has 3 heterocycles. The van der Waals surface area contributed by atoms with E-state index in [2.05, 4.69) is 33.2 Å². The molecular weight excluding hydrogens is 398 g/mol. The van der Waals surface area contributed by atoms with Gasteiger partial charge in [0.2, 0.25) is 5.78 Å². The molecule has 0 radical (unpaired) electrons. The number of nitrogens with zero attached hydrogens (tertiary/aromatic N) is 4. The molecule has 0 atom stereocenters. The van der Waals surface area contributed by atoms with Crippen molar-refractivity contribution in [2.24, 2.45) is 0 Å². The molecule has 156 valence electrons. The van der Waals surface area contributed by atoms with Crippen molar-refractivity contribution in [3.05, 3.63) is 65.3 Å². The topological polar surface area (TPSA) is 104 Å². The van der Waals surface area contributed by atoms with Crippen LogP contribution < -0.4 is 5.56 Å². The van der Waals surface area contributed by atoms with E-state index in [0.717, 1.165) is 22.0 Å². The number of carbonyl (C=O) groups excluding carboxylic acids is 1. The summed E-state index contributed by atoms with van der Waals surface area (Å²) in [7, 11) is 0. The summed E-state index contributed by atoms with van der Waals surface area (Å²) in [5.74, 6) is 0.0602. The fraction of sp³-hybridized carbons (Fsp3) is 0.182. The summed E-state index contributed by atoms with van der Waals surface area (Å²) in [6.07, 6.45) is 3.25. The van der Waals surface area contributed by atoms with Crippen LogP contribution >= 0.6 is 0 Å². The van der Waals surface area contributed by atoms with E-state index in [9.17, 15) is 9.59 Å². The average Bonchev–Trinajstić information content (AvgIpc) is 3.38. The zero-order chi connectivity index (χ0) is 21.4. The van der Waals surface area contributed by atoms with Gasteiger partial charge in [-0.3, -0.25) is 14.2 Å². The largest absolute Gasteiger partial charge is 0.463 e. The Balaban J connectivity index is 1.47. The molecule has 0 unspecified atom stereocenters. The number of aromatic nitrogens is 5. The lowest BCUT2D eigenvalue weighted by Crippen LogP contribution is -2.15. The summed E-state index contributed by atoms with van der Waals surface area (Å²) in [5, 5.41) is 2.26. The third kappa shape index (κ3) is 3.55. The predicted molar refractivity (Wildman–Crippen MR) is 115 cm³/mol. The second kappa shape index (κ2) is 7.69. The Morgan fingerprint density at radius 2 is 1.97 bits per heavy atom. The highest BCUT2D eigenvalue weighted by Gasteiger charge is 2.14. The molecular formula is C22H19N5O4. The van der Waals surface area contributed by atoms with Crippen molar-refractivity contribution < 1.29 is 14.3 Å². The van der Waals surface area contributed by atoms with E-state index in [0.29, 0.717) is 11.4 Å². The number of rotatable bonds is 6. The molecule has 0 aliphatic carbocycles. The number of aromatic amines is 1. The summed E-state index contributed by atoms with van der Waals surface area (Å²) < 4.78 is 13.4. The molecule has 0 saturated carbocycles. The molecule has 1 N–H and O–H groups in total. The maximum absolute atomic E-state index is 12.9. The maximum atomic E-state index is 12.9. The van der Waals surface area contributed by atoms with Crippen LogP contribution in [-0.4, -0.2) is 43.1 Å². The Bertz CT molecular complexity index is 1480. The van der Waals surface area contributed by atoms with Gasteiger partial charge in [0.1, 0.15) is 13.3 Å². The monoisotopic (exact) mass is 417 g/mol. The molecule has 0 amide bonds. The number of hydrogen-bond donors (Lipinski definition) is 1. The quantitative estimate of drug-likeness (QED) is 0.337.